The molecular formula is C17H16N2O. The molecule has 3 heteroatoms. The highest BCUT2D eigenvalue weighted by molar-refractivity contribution is 5.36. The van der Waals surface area contributed by atoms with Gasteiger partial charge >= 0.3 is 0 Å². The predicted molar refractivity (Wildman–Crippen MR) is 79.6 cm³/mol. The third kappa shape index (κ3) is 2.72. The summed E-state index contributed by atoms with van der Waals surface area (Å²) in [6, 6.07) is 16.2. The van der Waals surface area contributed by atoms with Crippen LogP contribution in [0, 0.1) is 13.8 Å². The first-order valence-electron chi connectivity index (χ1n) is 6.57. The molecule has 1 heterocycles. The third-order valence-electron chi connectivity index (χ3n) is 3.08. The zero-order valence-electron chi connectivity index (χ0n) is 11.6. The minimum atomic E-state index is 0.733. The van der Waals surface area contributed by atoms with Crippen molar-refractivity contribution in [3.05, 3.63) is 72.1 Å². The number of aryl methyl sites for hydroxylation is 2. The molecule has 0 saturated heterocycles. The number of benzene rings is 2. The van der Waals surface area contributed by atoms with E-state index in [1.54, 1.807) is 6.20 Å². The van der Waals surface area contributed by atoms with Crippen LogP contribution in [0.1, 0.15) is 11.1 Å². The molecule has 3 aromatic rings. The van der Waals surface area contributed by atoms with Gasteiger partial charge in [-0.1, -0.05) is 29.8 Å². The Labute approximate surface area is 118 Å². The van der Waals surface area contributed by atoms with Crippen LogP contribution in [-0.2, 0) is 0 Å². The van der Waals surface area contributed by atoms with Gasteiger partial charge in [-0.25, -0.2) is 4.68 Å². The van der Waals surface area contributed by atoms with Gasteiger partial charge < -0.3 is 4.74 Å². The van der Waals surface area contributed by atoms with Gasteiger partial charge in [0.15, 0.2) is 5.75 Å². The second kappa shape index (κ2) is 5.21. The summed E-state index contributed by atoms with van der Waals surface area (Å²) in [4.78, 5) is 0. The largest absolute Gasteiger partial charge is 0.454 e. The van der Waals surface area contributed by atoms with Gasteiger partial charge in [-0.05, 0) is 43.7 Å². The fraction of sp³-hybridized carbons (Fsp3) is 0.118. The summed E-state index contributed by atoms with van der Waals surface area (Å²) in [7, 11) is 0. The van der Waals surface area contributed by atoms with Crippen molar-refractivity contribution >= 4 is 0 Å². The molecule has 100 valence electrons. The summed E-state index contributed by atoms with van der Waals surface area (Å²) in [5.74, 6) is 1.56. The lowest BCUT2D eigenvalue weighted by Gasteiger charge is -2.03. The number of aromatic nitrogens is 2. The van der Waals surface area contributed by atoms with Gasteiger partial charge in [0, 0.05) is 0 Å². The van der Waals surface area contributed by atoms with E-state index in [1.165, 1.54) is 11.1 Å². The Hall–Kier alpha value is -2.55. The van der Waals surface area contributed by atoms with E-state index in [1.807, 2.05) is 54.2 Å². The maximum Gasteiger partial charge on any atom is 0.165 e. The lowest BCUT2D eigenvalue weighted by atomic mass is 10.2. The lowest BCUT2D eigenvalue weighted by Crippen LogP contribution is -1.93. The predicted octanol–water partition coefficient (Wildman–Crippen LogP) is 4.28. The topological polar surface area (TPSA) is 27.1 Å². The number of hydrogen-bond donors (Lipinski definition) is 0. The second-order valence-electron chi connectivity index (χ2n) is 4.87. The van der Waals surface area contributed by atoms with E-state index < -0.39 is 0 Å². The summed E-state index contributed by atoms with van der Waals surface area (Å²) in [6.45, 7) is 4.11. The Bertz CT molecular complexity index is 714. The Kier molecular flexibility index (Phi) is 3.25. The van der Waals surface area contributed by atoms with Gasteiger partial charge in [-0.3, -0.25) is 0 Å². The zero-order valence-corrected chi connectivity index (χ0v) is 11.6. The first-order valence-corrected chi connectivity index (χ1v) is 6.57. The fourth-order valence-electron chi connectivity index (χ4n) is 2.01. The van der Waals surface area contributed by atoms with Crippen LogP contribution in [-0.4, -0.2) is 9.78 Å². The average Bonchev–Trinajstić information content (AvgIpc) is 2.88. The smallest absolute Gasteiger partial charge is 0.165 e. The van der Waals surface area contributed by atoms with E-state index in [9.17, 15) is 0 Å². The van der Waals surface area contributed by atoms with Crippen LogP contribution in [0.2, 0.25) is 0 Å². The van der Waals surface area contributed by atoms with Crippen molar-refractivity contribution in [2.45, 2.75) is 13.8 Å². The highest BCUT2D eigenvalue weighted by atomic mass is 16.5. The molecule has 0 atom stereocenters. The molecule has 2 aromatic carbocycles. The van der Waals surface area contributed by atoms with Crippen LogP contribution in [0.5, 0.6) is 11.5 Å². The minimum absolute atomic E-state index is 0.733. The molecule has 0 saturated carbocycles. The van der Waals surface area contributed by atoms with E-state index in [2.05, 4.69) is 24.2 Å². The molecule has 1 aromatic heterocycles. The lowest BCUT2D eigenvalue weighted by molar-refractivity contribution is 0.482. The van der Waals surface area contributed by atoms with Crippen LogP contribution in [0.4, 0.5) is 0 Å². The zero-order chi connectivity index (χ0) is 13.9. The monoisotopic (exact) mass is 264 g/mol. The molecule has 20 heavy (non-hydrogen) atoms. The van der Waals surface area contributed by atoms with Crippen molar-refractivity contribution in [2.75, 3.05) is 0 Å². The van der Waals surface area contributed by atoms with Gasteiger partial charge in [0.25, 0.3) is 0 Å². The van der Waals surface area contributed by atoms with Gasteiger partial charge in [0.2, 0.25) is 0 Å². The van der Waals surface area contributed by atoms with Gasteiger partial charge in [0.1, 0.15) is 5.75 Å². The van der Waals surface area contributed by atoms with Crippen LogP contribution in [0.3, 0.4) is 0 Å². The number of rotatable bonds is 3. The molecule has 0 fully saturated rings. The third-order valence-corrected chi connectivity index (χ3v) is 3.08. The maximum atomic E-state index is 5.80. The molecule has 0 N–H and O–H groups in total. The Morgan fingerprint density at radius 3 is 2.45 bits per heavy atom. The number of hydrogen-bond acceptors (Lipinski definition) is 2. The SMILES string of the molecule is Cc1ccc(-n2cc(Oc3cccc(C)c3)cn2)cc1. The summed E-state index contributed by atoms with van der Waals surface area (Å²) >= 11 is 0. The molecule has 0 aliphatic heterocycles. The van der Waals surface area contributed by atoms with Crippen LogP contribution < -0.4 is 4.74 Å². The molecule has 3 nitrogen and oxygen atoms in total. The quantitative estimate of drug-likeness (QED) is 0.706. The van der Waals surface area contributed by atoms with Crippen LogP contribution >= 0.6 is 0 Å². The molecule has 0 aliphatic carbocycles. The molecule has 0 radical (unpaired) electrons. The average molecular weight is 264 g/mol. The van der Waals surface area contributed by atoms with Crippen molar-refractivity contribution in [3.8, 4) is 17.2 Å². The maximum absolute atomic E-state index is 5.80. The molecule has 0 unspecified atom stereocenters. The molecule has 0 spiro atoms. The summed E-state index contributed by atoms with van der Waals surface area (Å²) in [5, 5.41) is 4.33. The number of nitrogens with zero attached hydrogens (tertiary/aromatic N) is 2. The molecule has 3 rings (SSSR count). The van der Waals surface area contributed by atoms with Crippen molar-refractivity contribution < 1.29 is 4.74 Å². The minimum Gasteiger partial charge on any atom is -0.454 e. The second-order valence-corrected chi connectivity index (χ2v) is 4.87. The highest BCUT2D eigenvalue weighted by Gasteiger charge is 2.03. The standard InChI is InChI=1S/C17H16N2O/c1-13-6-8-15(9-7-13)19-12-17(11-18-19)20-16-5-3-4-14(2)10-16/h3-12H,1-2H3. The molecule has 0 amide bonds. The van der Waals surface area contributed by atoms with E-state index in [0.29, 0.717) is 0 Å². The molecule has 0 aliphatic rings. The summed E-state index contributed by atoms with van der Waals surface area (Å²) in [5.41, 5.74) is 3.43. The van der Waals surface area contributed by atoms with E-state index in [-0.39, 0.29) is 0 Å². The first kappa shape index (κ1) is 12.5. The van der Waals surface area contributed by atoms with Crippen molar-refractivity contribution in [3.63, 3.8) is 0 Å². The number of ether oxygens (including phenoxy) is 1. The first-order chi connectivity index (χ1) is 9.70. The van der Waals surface area contributed by atoms with Crippen molar-refractivity contribution in [1.82, 2.24) is 9.78 Å². The summed E-state index contributed by atoms with van der Waals surface area (Å²) in [6.07, 6.45) is 3.61. The Balaban J connectivity index is 1.82. The van der Waals surface area contributed by atoms with Gasteiger partial charge in [-0.2, -0.15) is 5.10 Å². The summed E-state index contributed by atoms with van der Waals surface area (Å²) < 4.78 is 7.61. The van der Waals surface area contributed by atoms with E-state index in [4.69, 9.17) is 4.74 Å². The highest BCUT2D eigenvalue weighted by Crippen LogP contribution is 2.22. The van der Waals surface area contributed by atoms with Gasteiger partial charge in [0.05, 0.1) is 18.1 Å². The Morgan fingerprint density at radius 2 is 1.70 bits per heavy atom. The molecular weight excluding hydrogens is 248 g/mol. The fourth-order valence-corrected chi connectivity index (χ4v) is 2.01. The van der Waals surface area contributed by atoms with Crippen LogP contribution in [0.15, 0.2) is 60.9 Å². The normalized spacial score (nSPS) is 10.5. The molecule has 0 bridgehead atoms. The van der Waals surface area contributed by atoms with Crippen molar-refractivity contribution in [2.24, 2.45) is 0 Å². The van der Waals surface area contributed by atoms with Crippen LogP contribution in [0.25, 0.3) is 5.69 Å². The van der Waals surface area contributed by atoms with E-state index >= 15 is 0 Å². The Morgan fingerprint density at radius 1 is 0.900 bits per heavy atom. The van der Waals surface area contributed by atoms with Gasteiger partial charge in [-0.15, -0.1) is 0 Å². The van der Waals surface area contributed by atoms with Crippen molar-refractivity contribution in [1.29, 1.82) is 0 Å². The van der Waals surface area contributed by atoms with E-state index in [0.717, 1.165) is 17.2 Å².